The SMILES string of the molecule is CCCC(CCNC(=O)OCc1ccccc1)[C@H]1C[C@H]1CCOc1ccc(S(C)(=O)=O)cn1. The molecule has 1 aliphatic carbocycles. The highest BCUT2D eigenvalue weighted by Gasteiger charge is 2.41. The van der Waals surface area contributed by atoms with Crippen LogP contribution in [-0.4, -0.2) is 38.9 Å². The van der Waals surface area contributed by atoms with Gasteiger partial charge in [0.1, 0.15) is 6.61 Å². The molecule has 0 bridgehead atoms. The zero-order chi connectivity index (χ0) is 23.7. The first-order chi connectivity index (χ1) is 15.9. The van der Waals surface area contributed by atoms with Gasteiger partial charge in [0.05, 0.1) is 11.5 Å². The fourth-order valence-corrected chi connectivity index (χ4v) is 4.80. The molecule has 1 amide bonds. The van der Waals surface area contributed by atoms with Crippen LogP contribution in [0, 0.1) is 17.8 Å². The van der Waals surface area contributed by atoms with Crippen LogP contribution in [0.3, 0.4) is 0 Å². The molecular weight excluding hydrogens is 440 g/mol. The van der Waals surface area contributed by atoms with Crippen LogP contribution in [0.4, 0.5) is 4.79 Å². The van der Waals surface area contributed by atoms with E-state index in [9.17, 15) is 13.2 Å². The summed E-state index contributed by atoms with van der Waals surface area (Å²) in [7, 11) is -3.25. The molecule has 0 saturated heterocycles. The van der Waals surface area contributed by atoms with Gasteiger partial charge in [-0.25, -0.2) is 18.2 Å². The van der Waals surface area contributed by atoms with Crippen LogP contribution in [-0.2, 0) is 21.2 Å². The minimum Gasteiger partial charge on any atom is -0.478 e. The second kappa shape index (κ2) is 12.0. The molecule has 1 unspecified atom stereocenters. The highest BCUT2D eigenvalue weighted by atomic mass is 32.2. The molecule has 8 heteroatoms. The van der Waals surface area contributed by atoms with Gasteiger partial charge in [0.2, 0.25) is 5.88 Å². The minimum absolute atomic E-state index is 0.192. The summed E-state index contributed by atoms with van der Waals surface area (Å²) in [6, 6.07) is 12.8. The van der Waals surface area contributed by atoms with E-state index in [1.54, 1.807) is 6.07 Å². The Morgan fingerprint density at radius 3 is 2.64 bits per heavy atom. The number of sulfone groups is 1. The quantitative estimate of drug-likeness (QED) is 0.455. The van der Waals surface area contributed by atoms with E-state index in [1.807, 2.05) is 30.3 Å². The van der Waals surface area contributed by atoms with Gasteiger partial charge in [-0.3, -0.25) is 0 Å². The Bertz CT molecular complexity index is 980. The number of carbonyl (C=O) groups is 1. The average Bonchev–Trinajstić information content (AvgIpc) is 3.57. The molecule has 3 rings (SSSR count). The van der Waals surface area contributed by atoms with Gasteiger partial charge in [-0.2, -0.15) is 0 Å². The molecule has 1 saturated carbocycles. The first-order valence-corrected chi connectivity index (χ1v) is 13.5. The second-order valence-electron chi connectivity index (χ2n) is 8.73. The number of nitrogens with zero attached hydrogens (tertiary/aromatic N) is 1. The first kappa shape index (κ1) is 25.0. The zero-order valence-electron chi connectivity index (χ0n) is 19.4. The smallest absolute Gasteiger partial charge is 0.407 e. The van der Waals surface area contributed by atoms with Gasteiger partial charge in [0, 0.05) is 25.1 Å². The van der Waals surface area contributed by atoms with Crippen molar-refractivity contribution in [2.75, 3.05) is 19.4 Å². The van der Waals surface area contributed by atoms with Crippen LogP contribution < -0.4 is 10.1 Å². The standard InChI is InChI=1S/C25H34N2O5S/c1-3-7-20(12-14-26-25(28)32-18-19-8-5-4-6-9-19)23-16-21(23)13-15-31-24-11-10-22(17-27-24)33(2,29)30/h4-6,8-11,17,20-21,23H,3,7,12-16,18H2,1-2H3,(H,26,28)/t20?,21-,23-/m1/s1. The summed E-state index contributed by atoms with van der Waals surface area (Å²) in [5.41, 5.74) is 0.973. The summed E-state index contributed by atoms with van der Waals surface area (Å²) in [5.74, 6) is 2.32. The predicted molar refractivity (Wildman–Crippen MR) is 127 cm³/mol. The zero-order valence-corrected chi connectivity index (χ0v) is 20.2. The van der Waals surface area contributed by atoms with Crippen molar-refractivity contribution in [1.29, 1.82) is 0 Å². The Labute approximate surface area is 196 Å². The number of hydrogen-bond acceptors (Lipinski definition) is 6. The molecule has 33 heavy (non-hydrogen) atoms. The van der Waals surface area contributed by atoms with Gasteiger partial charge in [-0.15, -0.1) is 0 Å². The Morgan fingerprint density at radius 2 is 1.97 bits per heavy atom. The van der Waals surface area contributed by atoms with E-state index < -0.39 is 9.84 Å². The minimum atomic E-state index is -3.25. The normalized spacial score (nSPS) is 18.4. The fraction of sp³-hybridized carbons (Fsp3) is 0.520. The summed E-state index contributed by atoms with van der Waals surface area (Å²) < 4.78 is 34.0. The topological polar surface area (TPSA) is 94.6 Å². The van der Waals surface area contributed by atoms with Crippen LogP contribution in [0.2, 0.25) is 0 Å². The van der Waals surface area contributed by atoms with E-state index in [1.165, 1.54) is 18.7 Å². The molecule has 180 valence electrons. The molecule has 1 fully saturated rings. The van der Waals surface area contributed by atoms with Crippen molar-refractivity contribution in [1.82, 2.24) is 10.3 Å². The second-order valence-corrected chi connectivity index (χ2v) is 10.7. The molecule has 1 aromatic carbocycles. The first-order valence-electron chi connectivity index (χ1n) is 11.6. The number of rotatable bonds is 13. The Morgan fingerprint density at radius 1 is 1.18 bits per heavy atom. The highest BCUT2D eigenvalue weighted by molar-refractivity contribution is 7.90. The molecule has 7 nitrogen and oxygen atoms in total. The predicted octanol–water partition coefficient (Wildman–Crippen LogP) is 4.62. The van der Waals surface area contributed by atoms with E-state index in [2.05, 4.69) is 17.2 Å². The van der Waals surface area contributed by atoms with Crippen LogP contribution in [0.5, 0.6) is 5.88 Å². The lowest BCUT2D eigenvalue weighted by molar-refractivity contribution is 0.138. The van der Waals surface area contributed by atoms with Crippen molar-refractivity contribution in [2.45, 2.75) is 50.5 Å². The van der Waals surface area contributed by atoms with Crippen molar-refractivity contribution >= 4 is 15.9 Å². The maximum atomic E-state index is 12.0. The number of carbonyl (C=O) groups excluding carboxylic acids is 1. The lowest BCUT2D eigenvalue weighted by Gasteiger charge is -2.17. The Kier molecular flexibility index (Phi) is 9.11. The largest absolute Gasteiger partial charge is 0.478 e. The molecule has 1 aliphatic rings. The van der Waals surface area contributed by atoms with Gasteiger partial charge in [-0.05, 0) is 48.6 Å². The molecule has 2 aromatic rings. The Balaban J connectivity index is 1.33. The van der Waals surface area contributed by atoms with Crippen molar-refractivity contribution < 1.29 is 22.7 Å². The number of ether oxygens (including phenoxy) is 2. The maximum absolute atomic E-state index is 12.0. The van der Waals surface area contributed by atoms with Gasteiger partial charge < -0.3 is 14.8 Å². The van der Waals surface area contributed by atoms with Gasteiger partial charge >= 0.3 is 6.09 Å². The van der Waals surface area contributed by atoms with Crippen molar-refractivity contribution in [3.05, 3.63) is 54.2 Å². The lowest BCUT2D eigenvalue weighted by atomic mass is 9.92. The molecule has 1 heterocycles. The van der Waals surface area contributed by atoms with E-state index in [-0.39, 0.29) is 17.6 Å². The number of benzene rings is 1. The van der Waals surface area contributed by atoms with Crippen molar-refractivity contribution in [3.63, 3.8) is 0 Å². The molecule has 0 radical (unpaired) electrons. The fourth-order valence-electron chi connectivity index (χ4n) is 4.24. The van der Waals surface area contributed by atoms with Gasteiger partial charge in [-0.1, -0.05) is 50.1 Å². The van der Waals surface area contributed by atoms with Crippen LogP contribution in [0.15, 0.2) is 53.6 Å². The van der Waals surface area contributed by atoms with Crippen LogP contribution in [0.1, 0.15) is 44.6 Å². The summed E-state index contributed by atoms with van der Waals surface area (Å²) >= 11 is 0. The number of hydrogen-bond donors (Lipinski definition) is 1. The van der Waals surface area contributed by atoms with Gasteiger partial charge in [0.25, 0.3) is 0 Å². The average molecular weight is 475 g/mol. The van der Waals surface area contributed by atoms with Gasteiger partial charge in [0.15, 0.2) is 9.84 Å². The third-order valence-corrected chi connectivity index (χ3v) is 7.21. The van der Waals surface area contributed by atoms with E-state index in [4.69, 9.17) is 9.47 Å². The summed E-state index contributed by atoms with van der Waals surface area (Å²) in [6.45, 7) is 3.66. The molecular formula is C25H34N2O5S. The maximum Gasteiger partial charge on any atom is 0.407 e. The highest BCUT2D eigenvalue weighted by Crippen LogP contribution is 2.49. The lowest BCUT2D eigenvalue weighted by Crippen LogP contribution is -2.27. The number of aromatic nitrogens is 1. The number of alkyl carbamates (subject to hydrolysis) is 1. The molecule has 0 spiro atoms. The third kappa shape index (κ3) is 8.35. The summed E-state index contributed by atoms with van der Waals surface area (Å²) in [4.78, 5) is 16.2. The van der Waals surface area contributed by atoms with Crippen LogP contribution in [0.25, 0.3) is 0 Å². The third-order valence-electron chi connectivity index (χ3n) is 6.12. The number of amides is 1. The molecule has 1 N–H and O–H groups in total. The Hall–Kier alpha value is -2.61. The van der Waals surface area contributed by atoms with E-state index in [0.717, 1.165) is 37.5 Å². The van der Waals surface area contributed by atoms with Crippen LogP contribution >= 0.6 is 0 Å². The van der Waals surface area contributed by atoms with E-state index >= 15 is 0 Å². The molecule has 3 atom stereocenters. The summed E-state index contributed by atoms with van der Waals surface area (Å²) in [5, 5.41) is 2.88. The monoisotopic (exact) mass is 474 g/mol. The van der Waals surface area contributed by atoms with Crippen molar-refractivity contribution in [3.8, 4) is 5.88 Å². The van der Waals surface area contributed by atoms with Crippen molar-refractivity contribution in [2.24, 2.45) is 17.8 Å². The summed E-state index contributed by atoms with van der Waals surface area (Å²) in [6.07, 6.45) is 7.48. The number of pyridine rings is 1. The molecule has 0 aliphatic heterocycles. The van der Waals surface area contributed by atoms with E-state index in [0.29, 0.717) is 36.8 Å². The molecule has 1 aromatic heterocycles. The number of nitrogens with one attached hydrogen (secondary N) is 1.